The van der Waals surface area contributed by atoms with Crippen molar-refractivity contribution in [2.75, 3.05) is 13.7 Å². The van der Waals surface area contributed by atoms with Crippen molar-refractivity contribution in [3.8, 4) is 0 Å². The van der Waals surface area contributed by atoms with Crippen LogP contribution in [0, 0.1) is 0 Å². The number of nitrogens with one attached hydrogen (secondary N) is 1. The summed E-state index contributed by atoms with van der Waals surface area (Å²) in [6, 6.07) is 9.86. The van der Waals surface area contributed by atoms with Crippen molar-refractivity contribution >= 4 is 11.9 Å². The number of ether oxygens (including phenoxy) is 1. The normalized spacial score (nSPS) is 16.3. The highest BCUT2D eigenvalue weighted by molar-refractivity contribution is 5.89. The van der Waals surface area contributed by atoms with E-state index in [4.69, 9.17) is 0 Å². The van der Waals surface area contributed by atoms with Gasteiger partial charge in [-0.1, -0.05) is 36.8 Å². The van der Waals surface area contributed by atoms with Crippen molar-refractivity contribution in [3.05, 3.63) is 35.9 Å². The van der Waals surface area contributed by atoms with Gasteiger partial charge in [-0.25, -0.2) is 0 Å². The Labute approximate surface area is 113 Å². The number of esters is 1. The third-order valence-electron chi connectivity index (χ3n) is 3.81. The monoisotopic (exact) mass is 261 g/mol. The summed E-state index contributed by atoms with van der Waals surface area (Å²) in [4.78, 5) is 23.4. The standard InChI is InChI=1S/C15H19NO3/c1-19-13(17)8-11-16-14(18)15(9-5-10-15)12-6-3-2-4-7-12/h2-4,6-7H,5,8-11H2,1H3,(H,16,18). The SMILES string of the molecule is COC(=O)CCNC(=O)C1(c2ccccc2)CCC1. The molecular weight excluding hydrogens is 242 g/mol. The average Bonchev–Trinajstić information content (AvgIpc) is 2.38. The summed E-state index contributed by atoms with van der Waals surface area (Å²) < 4.78 is 4.55. The number of benzene rings is 1. The number of hydrogen-bond acceptors (Lipinski definition) is 3. The fourth-order valence-electron chi connectivity index (χ4n) is 2.48. The van der Waals surface area contributed by atoms with Gasteiger partial charge in [-0.2, -0.15) is 0 Å². The largest absolute Gasteiger partial charge is 0.469 e. The smallest absolute Gasteiger partial charge is 0.307 e. The molecule has 1 aromatic carbocycles. The van der Waals surface area contributed by atoms with Gasteiger partial charge >= 0.3 is 5.97 Å². The van der Waals surface area contributed by atoms with Gasteiger partial charge in [-0.3, -0.25) is 9.59 Å². The molecule has 0 atom stereocenters. The van der Waals surface area contributed by atoms with Gasteiger partial charge in [-0.05, 0) is 18.4 Å². The van der Waals surface area contributed by atoms with Crippen LogP contribution in [0.1, 0.15) is 31.2 Å². The predicted octanol–water partition coefficient (Wildman–Crippen LogP) is 1.79. The van der Waals surface area contributed by atoms with Crippen LogP contribution in [0.5, 0.6) is 0 Å². The molecule has 0 unspecified atom stereocenters. The molecule has 0 aromatic heterocycles. The van der Waals surface area contributed by atoms with Gasteiger partial charge in [0.1, 0.15) is 0 Å². The van der Waals surface area contributed by atoms with Gasteiger partial charge in [-0.15, -0.1) is 0 Å². The molecule has 0 spiro atoms. The lowest BCUT2D eigenvalue weighted by atomic mass is 9.64. The van der Waals surface area contributed by atoms with Gasteiger partial charge in [0.15, 0.2) is 0 Å². The molecule has 0 saturated heterocycles. The number of amides is 1. The zero-order valence-corrected chi connectivity index (χ0v) is 11.1. The average molecular weight is 261 g/mol. The summed E-state index contributed by atoms with van der Waals surface area (Å²) in [7, 11) is 1.35. The van der Waals surface area contributed by atoms with Crippen LogP contribution in [-0.4, -0.2) is 25.5 Å². The first kappa shape index (κ1) is 13.6. The number of methoxy groups -OCH3 is 1. The fraction of sp³-hybridized carbons (Fsp3) is 0.467. The molecule has 4 heteroatoms. The summed E-state index contributed by atoms with van der Waals surface area (Å²) in [6.07, 6.45) is 3.04. The second-order valence-corrected chi connectivity index (χ2v) is 4.88. The van der Waals surface area contributed by atoms with Crippen LogP contribution in [0.15, 0.2) is 30.3 Å². The third kappa shape index (κ3) is 2.78. The summed E-state index contributed by atoms with van der Waals surface area (Å²) in [5.41, 5.74) is 0.675. The summed E-state index contributed by atoms with van der Waals surface area (Å²) in [6.45, 7) is 0.333. The van der Waals surface area contributed by atoms with E-state index in [1.165, 1.54) is 7.11 Å². The molecule has 0 heterocycles. The first-order chi connectivity index (χ1) is 9.19. The summed E-state index contributed by atoms with van der Waals surface area (Å²) in [5.74, 6) is -0.281. The van der Waals surface area contributed by atoms with E-state index in [2.05, 4.69) is 10.1 Å². The third-order valence-corrected chi connectivity index (χ3v) is 3.81. The minimum Gasteiger partial charge on any atom is -0.469 e. The van der Waals surface area contributed by atoms with E-state index >= 15 is 0 Å². The molecule has 0 radical (unpaired) electrons. The molecule has 102 valence electrons. The van der Waals surface area contributed by atoms with E-state index in [0.717, 1.165) is 24.8 Å². The molecular formula is C15H19NO3. The van der Waals surface area contributed by atoms with Crippen LogP contribution >= 0.6 is 0 Å². The first-order valence-corrected chi connectivity index (χ1v) is 6.60. The lowest BCUT2D eigenvalue weighted by molar-refractivity contribution is -0.140. The highest BCUT2D eigenvalue weighted by Gasteiger charge is 2.45. The van der Waals surface area contributed by atoms with Gasteiger partial charge in [0, 0.05) is 6.54 Å². The highest BCUT2D eigenvalue weighted by Crippen LogP contribution is 2.43. The summed E-state index contributed by atoms with van der Waals surface area (Å²) in [5, 5.41) is 2.85. The van der Waals surface area contributed by atoms with Crippen LogP contribution in [0.3, 0.4) is 0 Å². The maximum atomic E-state index is 12.4. The maximum Gasteiger partial charge on any atom is 0.307 e. The topological polar surface area (TPSA) is 55.4 Å². The Bertz CT molecular complexity index is 452. The Hall–Kier alpha value is -1.84. The van der Waals surface area contributed by atoms with Crippen LogP contribution in [0.25, 0.3) is 0 Å². The van der Waals surface area contributed by atoms with E-state index < -0.39 is 5.41 Å². The van der Waals surface area contributed by atoms with Gasteiger partial charge in [0.05, 0.1) is 18.9 Å². The zero-order chi connectivity index (χ0) is 13.7. The molecule has 1 N–H and O–H groups in total. The van der Waals surface area contributed by atoms with Crippen molar-refractivity contribution in [1.29, 1.82) is 0 Å². The molecule has 19 heavy (non-hydrogen) atoms. The number of carbonyl (C=O) groups excluding carboxylic acids is 2. The maximum absolute atomic E-state index is 12.4. The number of rotatable bonds is 5. The molecule has 1 aliphatic carbocycles. The van der Waals surface area contributed by atoms with Gasteiger partial charge in [0.25, 0.3) is 0 Å². The van der Waals surface area contributed by atoms with Crippen LogP contribution < -0.4 is 5.32 Å². The Morgan fingerprint density at radius 2 is 1.95 bits per heavy atom. The van der Waals surface area contributed by atoms with E-state index in [1.54, 1.807) is 0 Å². The molecule has 1 saturated carbocycles. The Kier molecular flexibility index (Phi) is 4.20. The molecule has 1 fully saturated rings. The fourth-order valence-corrected chi connectivity index (χ4v) is 2.48. The molecule has 1 aromatic rings. The lowest BCUT2D eigenvalue weighted by Gasteiger charge is -2.40. The van der Waals surface area contributed by atoms with Crippen LogP contribution in [0.4, 0.5) is 0 Å². The highest BCUT2D eigenvalue weighted by atomic mass is 16.5. The Morgan fingerprint density at radius 3 is 2.47 bits per heavy atom. The van der Waals surface area contributed by atoms with Crippen molar-refractivity contribution in [2.45, 2.75) is 31.1 Å². The summed E-state index contributed by atoms with van der Waals surface area (Å²) >= 11 is 0. The minimum absolute atomic E-state index is 0.0221. The number of hydrogen-bond donors (Lipinski definition) is 1. The Morgan fingerprint density at radius 1 is 1.26 bits per heavy atom. The molecule has 4 nitrogen and oxygen atoms in total. The molecule has 0 bridgehead atoms. The molecule has 1 aliphatic rings. The van der Waals surface area contributed by atoms with E-state index in [-0.39, 0.29) is 18.3 Å². The first-order valence-electron chi connectivity index (χ1n) is 6.60. The van der Waals surface area contributed by atoms with Crippen molar-refractivity contribution in [3.63, 3.8) is 0 Å². The van der Waals surface area contributed by atoms with Crippen LogP contribution in [0.2, 0.25) is 0 Å². The van der Waals surface area contributed by atoms with Crippen molar-refractivity contribution in [2.24, 2.45) is 0 Å². The van der Waals surface area contributed by atoms with Gasteiger partial charge in [0.2, 0.25) is 5.91 Å². The minimum atomic E-state index is -0.391. The van der Waals surface area contributed by atoms with Crippen LogP contribution in [-0.2, 0) is 19.7 Å². The second kappa shape index (κ2) is 5.87. The second-order valence-electron chi connectivity index (χ2n) is 4.88. The van der Waals surface area contributed by atoms with Gasteiger partial charge < -0.3 is 10.1 Å². The predicted molar refractivity (Wildman–Crippen MR) is 71.6 cm³/mol. The van der Waals surface area contributed by atoms with E-state index in [1.807, 2.05) is 30.3 Å². The quantitative estimate of drug-likeness (QED) is 0.822. The van der Waals surface area contributed by atoms with E-state index in [0.29, 0.717) is 6.54 Å². The molecule has 0 aliphatic heterocycles. The zero-order valence-electron chi connectivity index (χ0n) is 11.1. The van der Waals surface area contributed by atoms with E-state index in [9.17, 15) is 9.59 Å². The number of carbonyl (C=O) groups is 2. The molecule has 1 amide bonds. The van der Waals surface area contributed by atoms with Crippen molar-refractivity contribution < 1.29 is 14.3 Å². The molecule has 2 rings (SSSR count). The lowest BCUT2D eigenvalue weighted by Crippen LogP contribution is -2.49. The Balaban J connectivity index is 1.98. The van der Waals surface area contributed by atoms with Crippen molar-refractivity contribution in [1.82, 2.24) is 5.32 Å².